The Morgan fingerprint density at radius 3 is 2.50 bits per heavy atom. The predicted molar refractivity (Wildman–Crippen MR) is 91.1 cm³/mol. The number of likely N-dealkylation sites (N-methyl/N-ethyl adjacent to an activating group) is 1. The second kappa shape index (κ2) is 8.61. The highest BCUT2D eigenvalue weighted by Gasteiger charge is 2.16. The Hall–Kier alpha value is -3.42. The lowest BCUT2D eigenvalue weighted by molar-refractivity contribution is -0.136. The van der Waals surface area contributed by atoms with E-state index in [9.17, 15) is 23.9 Å². The van der Waals surface area contributed by atoms with Crippen LogP contribution in [0.15, 0.2) is 48.5 Å². The first-order valence-corrected chi connectivity index (χ1v) is 7.60. The molecule has 7 nitrogen and oxygen atoms in total. The molecule has 0 aliphatic heterocycles. The zero-order valence-electron chi connectivity index (χ0n) is 13.9. The Balaban J connectivity index is 1.80. The van der Waals surface area contributed by atoms with Crippen molar-refractivity contribution in [1.82, 2.24) is 4.90 Å². The summed E-state index contributed by atoms with van der Waals surface area (Å²) in [5.41, 5.74) is 0.502. The summed E-state index contributed by atoms with van der Waals surface area (Å²) in [6.07, 6.45) is 0. The Labute approximate surface area is 149 Å². The van der Waals surface area contributed by atoms with Gasteiger partial charge in [-0.25, -0.2) is 9.18 Å². The standard InChI is InChI=1S/C18H17FN2O5/c1-21(10-16(23)20-14-7-5-13(19)6-8-14)17(24)11-26-18(25)12-3-2-4-15(22)9-12/h2-9,22H,10-11H2,1H3,(H,20,23). The highest BCUT2D eigenvalue weighted by molar-refractivity contribution is 5.95. The quantitative estimate of drug-likeness (QED) is 0.766. The smallest absolute Gasteiger partial charge is 0.338 e. The number of benzene rings is 2. The van der Waals surface area contributed by atoms with Crippen LogP contribution in [-0.4, -0.2) is 48.0 Å². The van der Waals surface area contributed by atoms with Crippen LogP contribution in [0.3, 0.4) is 0 Å². The molecular formula is C18H17FN2O5. The van der Waals surface area contributed by atoms with Crippen LogP contribution in [0.1, 0.15) is 10.4 Å². The van der Waals surface area contributed by atoms with Crippen molar-refractivity contribution in [2.75, 3.05) is 25.5 Å². The van der Waals surface area contributed by atoms with Crippen LogP contribution >= 0.6 is 0 Å². The van der Waals surface area contributed by atoms with Crippen molar-refractivity contribution >= 4 is 23.5 Å². The molecule has 2 amide bonds. The summed E-state index contributed by atoms with van der Waals surface area (Å²) < 4.78 is 17.7. The fraction of sp³-hybridized carbons (Fsp3) is 0.167. The summed E-state index contributed by atoms with van der Waals surface area (Å²) in [5.74, 6) is -2.35. The molecular weight excluding hydrogens is 343 g/mol. The summed E-state index contributed by atoms with van der Waals surface area (Å²) in [5, 5.41) is 11.8. The fourth-order valence-electron chi connectivity index (χ4n) is 1.99. The molecule has 0 spiro atoms. The molecule has 0 saturated carbocycles. The van der Waals surface area contributed by atoms with E-state index < -0.39 is 30.2 Å². The molecule has 2 rings (SSSR count). The van der Waals surface area contributed by atoms with E-state index in [-0.39, 0.29) is 17.9 Å². The fourth-order valence-corrected chi connectivity index (χ4v) is 1.99. The lowest BCUT2D eigenvalue weighted by Crippen LogP contribution is -2.37. The minimum Gasteiger partial charge on any atom is -0.508 e. The van der Waals surface area contributed by atoms with Gasteiger partial charge in [0.1, 0.15) is 11.6 Å². The van der Waals surface area contributed by atoms with Crippen molar-refractivity contribution in [3.05, 3.63) is 59.9 Å². The summed E-state index contributed by atoms with van der Waals surface area (Å²) in [6, 6.07) is 10.7. The van der Waals surface area contributed by atoms with Gasteiger partial charge in [0.05, 0.1) is 12.1 Å². The molecule has 0 bridgehead atoms. The molecule has 2 aromatic carbocycles. The Bertz CT molecular complexity index is 807. The molecule has 0 heterocycles. The third kappa shape index (κ3) is 5.59. The van der Waals surface area contributed by atoms with Gasteiger partial charge in [0.15, 0.2) is 6.61 Å². The highest BCUT2D eigenvalue weighted by Crippen LogP contribution is 2.12. The van der Waals surface area contributed by atoms with E-state index in [1.54, 1.807) is 0 Å². The monoisotopic (exact) mass is 360 g/mol. The number of hydrogen-bond donors (Lipinski definition) is 2. The number of phenols is 1. The number of carbonyl (C=O) groups excluding carboxylic acids is 3. The number of hydrogen-bond acceptors (Lipinski definition) is 5. The Morgan fingerprint density at radius 1 is 1.15 bits per heavy atom. The van der Waals surface area contributed by atoms with Gasteiger partial charge in [-0.3, -0.25) is 9.59 Å². The molecule has 0 atom stereocenters. The number of halogens is 1. The zero-order chi connectivity index (χ0) is 19.1. The van der Waals surface area contributed by atoms with Gasteiger partial charge >= 0.3 is 5.97 Å². The maximum atomic E-state index is 12.8. The van der Waals surface area contributed by atoms with Crippen molar-refractivity contribution in [3.63, 3.8) is 0 Å². The minimum atomic E-state index is -0.765. The molecule has 0 aromatic heterocycles. The van der Waals surface area contributed by atoms with Gasteiger partial charge in [-0.2, -0.15) is 0 Å². The number of phenolic OH excluding ortho intramolecular Hbond substituents is 1. The van der Waals surface area contributed by atoms with E-state index in [0.717, 1.165) is 4.90 Å². The van der Waals surface area contributed by atoms with Crippen LogP contribution in [0, 0.1) is 5.82 Å². The summed E-state index contributed by atoms with van der Waals surface area (Å²) >= 11 is 0. The lowest BCUT2D eigenvalue weighted by atomic mass is 10.2. The number of rotatable bonds is 6. The van der Waals surface area contributed by atoms with Crippen LogP contribution in [0.2, 0.25) is 0 Å². The van der Waals surface area contributed by atoms with Gasteiger partial charge in [0, 0.05) is 12.7 Å². The SMILES string of the molecule is CN(CC(=O)Nc1ccc(F)cc1)C(=O)COC(=O)c1cccc(O)c1. The number of aromatic hydroxyl groups is 1. The number of nitrogens with one attached hydrogen (secondary N) is 1. The van der Waals surface area contributed by atoms with Crippen molar-refractivity contribution in [2.45, 2.75) is 0 Å². The zero-order valence-corrected chi connectivity index (χ0v) is 13.9. The van der Waals surface area contributed by atoms with E-state index in [1.807, 2.05) is 0 Å². The number of esters is 1. The van der Waals surface area contributed by atoms with E-state index in [1.165, 1.54) is 55.6 Å². The minimum absolute atomic E-state index is 0.0969. The Kier molecular flexibility index (Phi) is 6.26. The largest absolute Gasteiger partial charge is 0.508 e. The molecule has 0 fully saturated rings. The van der Waals surface area contributed by atoms with E-state index in [4.69, 9.17) is 4.74 Å². The molecule has 0 saturated heterocycles. The molecule has 0 aliphatic carbocycles. The maximum Gasteiger partial charge on any atom is 0.338 e. The van der Waals surface area contributed by atoms with Crippen LogP contribution in [-0.2, 0) is 14.3 Å². The summed E-state index contributed by atoms with van der Waals surface area (Å²) in [4.78, 5) is 36.7. The first-order chi connectivity index (χ1) is 12.3. The van der Waals surface area contributed by atoms with Gasteiger partial charge < -0.3 is 20.1 Å². The topological polar surface area (TPSA) is 95.9 Å². The lowest BCUT2D eigenvalue weighted by Gasteiger charge is -2.16. The predicted octanol–water partition coefficient (Wildman–Crippen LogP) is 1.79. The van der Waals surface area contributed by atoms with Gasteiger partial charge in [0.2, 0.25) is 5.91 Å². The van der Waals surface area contributed by atoms with Crippen molar-refractivity contribution < 1.29 is 28.6 Å². The summed E-state index contributed by atoms with van der Waals surface area (Å²) in [6.45, 7) is -0.811. The highest BCUT2D eigenvalue weighted by atomic mass is 19.1. The van der Waals surface area contributed by atoms with Crippen LogP contribution in [0.25, 0.3) is 0 Å². The van der Waals surface area contributed by atoms with E-state index >= 15 is 0 Å². The first kappa shape index (κ1) is 18.9. The van der Waals surface area contributed by atoms with E-state index in [0.29, 0.717) is 5.69 Å². The van der Waals surface area contributed by atoms with Crippen LogP contribution in [0.4, 0.5) is 10.1 Å². The average molecular weight is 360 g/mol. The number of anilines is 1. The average Bonchev–Trinajstić information content (AvgIpc) is 2.61. The number of nitrogens with zero attached hydrogens (tertiary/aromatic N) is 1. The molecule has 0 unspecified atom stereocenters. The second-order valence-electron chi connectivity index (χ2n) is 5.43. The van der Waals surface area contributed by atoms with Crippen molar-refractivity contribution in [1.29, 1.82) is 0 Å². The first-order valence-electron chi connectivity index (χ1n) is 7.60. The molecule has 8 heteroatoms. The number of carbonyl (C=O) groups is 3. The molecule has 0 aliphatic rings. The second-order valence-corrected chi connectivity index (χ2v) is 5.43. The van der Waals surface area contributed by atoms with Crippen molar-refractivity contribution in [2.24, 2.45) is 0 Å². The molecule has 2 N–H and O–H groups in total. The van der Waals surface area contributed by atoms with Gasteiger partial charge in [-0.15, -0.1) is 0 Å². The van der Waals surface area contributed by atoms with Crippen molar-refractivity contribution in [3.8, 4) is 5.75 Å². The normalized spacial score (nSPS) is 10.1. The van der Waals surface area contributed by atoms with Gasteiger partial charge in [-0.1, -0.05) is 6.07 Å². The van der Waals surface area contributed by atoms with Crippen LogP contribution in [0.5, 0.6) is 5.75 Å². The molecule has 136 valence electrons. The molecule has 0 radical (unpaired) electrons. The third-order valence-electron chi connectivity index (χ3n) is 3.34. The van der Waals surface area contributed by atoms with Gasteiger partial charge in [0.25, 0.3) is 5.91 Å². The Morgan fingerprint density at radius 2 is 1.85 bits per heavy atom. The third-order valence-corrected chi connectivity index (χ3v) is 3.34. The number of ether oxygens (including phenoxy) is 1. The summed E-state index contributed by atoms with van der Waals surface area (Å²) in [7, 11) is 1.38. The number of amides is 2. The van der Waals surface area contributed by atoms with Gasteiger partial charge in [-0.05, 0) is 42.5 Å². The molecule has 2 aromatic rings. The molecule has 26 heavy (non-hydrogen) atoms. The van der Waals surface area contributed by atoms with Crippen LogP contribution < -0.4 is 5.32 Å². The van der Waals surface area contributed by atoms with E-state index in [2.05, 4.69) is 5.32 Å². The maximum absolute atomic E-state index is 12.8.